The van der Waals surface area contributed by atoms with Crippen LogP contribution in [0.2, 0.25) is 5.02 Å². The molecule has 0 unspecified atom stereocenters. The number of piperidine rings is 1. The molecular formula is C18H24ClN3O3. The molecule has 0 aromatic heterocycles. The summed E-state index contributed by atoms with van der Waals surface area (Å²) in [7, 11) is 0. The second-order valence-electron chi connectivity index (χ2n) is 6.71. The molecule has 3 rings (SSSR count). The number of nitrogens with one attached hydrogen (secondary N) is 1. The number of halogens is 1. The van der Waals surface area contributed by atoms with Gasteiger partial charge in [-0.1, -0.05) is 23.7 Å². The molecule has 2 aliphatic heterocycles. The quantitative estimate of drug-likeness (QED) is 0.836. The van der Waals surface area contributed by atoms with E-state index in [-0.39, 0.29) is 24.3 Å². The van der Waals surface area contributed by atoms with Gasteiger partial charge in [-0.15, -0.1) is 0 Å². The fraction of sp³-hybridized carbons (Fsp3) is 0.556. The molecule has 7 heteroatoms. The van der Waals surface area contributed by atoms with E-state index in [2.05, 4.69) is 5.32 Å². The summed E-state index contributed by atoms with van der Waals surface area (Å²) in [6, 6.07) is 7.26. The Morgan fingerprint density at radius 2 is 1.92 bits per heavy atom. The van der Waals surface area contributed by atoms with Crippen LogP contribution in [0.1, 0.15) is 24.5 Å². The van der Waals surface area contributed by atoms with Gasteiger partial charge in [0.05, 0.1) is 19.2 Å². The number of aliphatic hydroxyl groups is 1. The predicted molar refractivity (Wildman–Crippen MR) is 95.2 cm³/mol. The van der Waals surface area contributed by atoms with Gasteiger partial charge in [0.15, 0.2) is 0 Å². The standard InChI is InChI=1S/C18H24ClN3O3/c19-15-3-1-13(2-4-15)18(25)14-5-8-21(9-6-14)17(24)12-22-10-7-20-11-16(22)23/h1-4,14,18,20,25H,5-12H2/t18-/m0/s1. The van der Waals surface area contributed by atoms with Crippen LogP contribution < -0.4 is 5.32 Å². The summed E-state index contributed by atoms with van der Waals surface area (Å²) in [6.07, 6.45) is 0.972. The van der Waals surface area contributed by atoms with Crippen molar-refractivity contribution in [2.75, 3.05) is 39.3 Å². The minimum atomic E-state index is -0.538. The average molecular weight is 366 g/mol. The Kier molecular flexibility index (Phi) is 5.93. The Morgan fingerprint density at radius 3 is 2.56 bits per heavy atom. The van der Waals surface area contributed by atoms with E-state index in [0.29, 0.717) is 31.2 Å². The molecule has 0 saturated carbocycles. The van der Waals surface area contributed by atoms with Gasteiger partial charge in [-0.2, -0.15) is 0 Å². The van der Waals surface area contributed by atoms with Crippen LogP contribution in [0.15, 0.2) is 24.3 Å². The molecule has 2 saturated heterocycles. The van der Waals surface area contributed by atoms with Gasteiger partial charge >= 0.3 is 0 Å². The second-order valence-corrected chi connectivity index (χ2v) is 7.14. The lowest BCUT2D eigenvalue weighted by Gasteiger charge is -2.36. The highest BCUT2D eigenvalue weighted by Gasteiger charge is 2.30. The molecule has 2 heterocycles. The van der Waals surface area contributed by atoms with Crippen LogP contribution in [0.3, 0.4) is 0 Å². The summed E-state index contributed by atoms with van der Waals surface area (Å²) in [6.45, 7) is 3.01. The van der Waals surface area contributed by atoms with Crippen molar-refractivity contribution in [2.45, 2.75) is 18.9 Å². The summed E-state index contributed by atoms with van der Waals surface area (Å²) >= 11 is 5.89. The zero-order valence-corrected chi connectivity index (χ0v) is 14.9. The van der Waals surface area contributed by atoms with Gasteiger partial charge in [-0.3, -0.25) is 9.59 Å². The third kappa shape index (κ3) is 4.51. The summed E-state index contributed by atoms with van der Waals surface area (Å²) < 4.78 is 0. The Balaban J connectivity index is 1.50. The number of rotatable bonds is 4. The van der Waals surface area contributed by atoms with Gasteiger partial charge < -0.3 is 20.2 Å². The molecule has 0 radical (unpaired) electrons. The zero-order chi connectivity index (χ0) is 17.8. The van der Waals surface area contributed by atoms with E-state index in [1.54, 1.807) is 21.9 Å². The molecule has 1 atom stereocenters. The molecule has 136 valence electrons. The number of piperazine rings is 1. The molecule has 0 spiro atoms. The molecule has 2 N–H and O–H groups in total. The molecular weight excluding hydrogens is 342 g/mol. The summed E-state index contributed by atoms with van der Waals surface area (Å²) in [4.78, 5) is 27.6. The second kappa shape index (κ2) is 8.17. The number of carbonyl (C=O) groups is 2. The maximum atomic E-state index is 12.4. The largest absolute Gasteiger partial charge is 0.388 e. The summed E-state index contributed by atoms with van der Waals surface area (Å²) in [5.41, 5.74) is 0.862. The lowest BCUT2D eigenvalue weighted by molar-refractivity contribution is -0.142. The number of carbonyl (C=O) groups excluding carboxylic acids is 2. The fourth-order valence-corrected chi connectivity index (χ4v) is 3.60. The van der Waals surface area contributed by atoms with Crippen molar-refractivity contribution < 1.29 is 14.7 Å². The van der Waals surface area contributed by atoms with Gasteiger partial charge in [0.2, 0.25) is 11.8 Å². The topological polar surface area (TPSA) is 72.9 Å². The number of benzene rings is 1. The smallest absolute Gasteiger partial charge is 0.242 e. The van der Waals surface area contributed by atoms with E-state index >= 15 is 0 Å². The number of hydrogen-bond acceptors (Lipinski definition) is 4. The van der Waals surface area contributed by atoms with E-state index in [1.807, 2.05) is 12.1 Å². The Hall–Kier alpha value is -1.63. The first-order valence-corrected chi connectivity index (χ1v) is 9.12. The van der Waals surface area contributed by atoms with Crippen LogP contribution in [0.4, 0.5) is 0 Å². The predicted octanol–water partition coefficient (Wildman–Crippen LogP) is 1.04. The highest BCUT2D eigenvalue weighted by Crippen LogP contribution is 2.31. The van der Waals surface area contributed by atoms with Crippen molar-refractivity contribution in [3.8, 4) is 0 Å². The van der Waals surface area contributed by atoms with E-state index in [0.717, 1.165) is 24.9 Å². The van der Waals surface area contributed by atoms with Crippen molar-refractivity contribution >= 4 is 23.4 Å². The monoisotopic (exact) mass is 365 g/mol. The number of hydrogen-bond donors (Lipinski definition) is 2. The maximum absolute atomic E-state index is 12.4. The summed E-state index contributed by atoms with van der Waals surface area (Å²) in [5.74, 6) is 0.105. The lowest BCUT2D eigenvalue weighted by Crippen LogP contribution is -2.52. The third-order valence-corrected chi connectivity index (χ3v) is 5.32. The minimum absolute atomic E-state index is 0.00492. The first-order chi connectivity index (χ1) is 12.0. The number of amides is 2. The van der Waals surface area contributed by atoms with Gasteiger partial charge in [-0.25, -0.2) is 0 Å². The Labute approximate surface area is 152 Å². The van der Waals surface area contributed by atoms with E-state index in [4.69, 9.17) is 11.6 Å². The first kappa shape index (κ1) is 18.2. The van der Waals surface area contributed by atoms with Crippen LogP contribution >= 0.6 is 11.6 Å². The Morgan fingerprint density at radius 1 is 1.24 bits per heavy atom. The average Bonchev–Trinajstić information content (AvgIpc) is 2.64. The Bertz CT molecular complexity index is 614. The molecule has 0 aliphatic carbocycles. The third-order valence-electron chi connectivity index (χ3n) is 5.06. The molecule has 2 aliphatic rings. The molecule has 2 amide bonds. The fourth-order valence-electron chi connectivity index (χ4n) is 3.47. The van der Waals surface area contributed by atoms with E-state index in [9.17, 15) is 14.7 Å². The zero-order valence-electron chi connectivity index (χ0n) is 14.2. The van der Waals surface area contributed by atoms with Crippen LogP contribution in [-0.2, 0) is 9.59 Å². The maximum Gasteiger partial charge on any atom is 0.242 e. The van der Waals surface area contributed by atoms with Crippen LogP contribution in [-0.4, -0.2) is 66.0 Å². The van der Waals surface area contributed by atoms with Crippen LogP contribution in [0.5, 0.6) is 0 Å². The molecule has 1 aromatic rings. The highest BCUT2D eigenvalue weighted by molar-refractivity contribution is 6.30. The van der Waals surface area contributed by atoms with Gasteiger partial charge in [0.25, 0.3) is 0 Å². The molecule has 25 heavy (non-hydrogen) atoms. The van der Waals surface area contributed by atoms with Crippen LogP contribution in [0, 0.1) is 5.92 Å². The SMILES string of the molecule is O=C(CN1CCNCC1=O)N1CCC([C@@H](O)c2ccc(Cl)cc2)CC1. The number of aliphatic hydroxyl groups excluding tert-OH is 1. The summed E-state index contributed by atoms with van der Waals surface area (Å²) in [5, 5.41) is 14.2. The van der Waals surface area contributed by atoms with Crippen molar-refractivity contribution in [1.29, 1.82) is 0 Å². The highest BCUT2D eigenvalue weighted by atomic mass is 35.5. The first-order valence-electron chi connectivity index (χ1n) is 8.74. The number of likely N-dealkylation sites (tertiary alicyclic amines) is 1. The molecule has 0 bridgehead atoms. The number of nitrogens with zero attached hydrogens (tertiary/aromatic N) is 2. The normalized spacial score (nSPS) is 20.6. The van der Waals surface area contributed by atoms with Crippen LogP contribution in [0.25, 0.3) is 0 Å². The minimum Gasteiger partial charge on any atom is -0.388 e. The van der Waals surface area contributed by atoms with E-state index < -0.39 is 6.10 Å². The molecule has 6 nitrogen and oxygen atoms in total. The van der Waals surface area contributed by atoms with Gasteiger partial charge in [0, 0.05) is 31.2 Å². The van der Waals surface area contributed by atoms with Gasteiger partial charge in [-0.05, 0) is 36.5 Å². The lowest BCUT2D eigenvalue weighted by atomic mass is 9.87. The van der Waals surface area contributed by atoms with Crippen molar-refractivity contribution in [1.82, 2.24) is 15.1 Å². The van der Waals surface area contributed by atoms with Crippen molar-refractivity contribution in [3.05, 3.63) is 34.9 Å². The van der Waals surface area contributed by atoms with Crippen molar-refractivity contribution in [3.63, 3.8) is 0 Å². The van der Waals surface area contributed by atoms with E-state index in [1.165, 1.54) is 0 Å². The van der Waals surface area contributed by atoms with Crippen molar-refractivity contribution in [2.24, 2.45) is 5.92 Å². The van der Waals surface area contributed by atoms with Gasteiger partial charge in [0.1, 0.15) is 0 Å². The molecule has 2 fully saturated rings. The molecule has 1 aromatic carbocycles.